The van der Waals surface area contributed by atoms with Crippen LogP contribution in [-0.4, -0.2) is 4.98 Å². The van der Waals surface area contributed by atoms with Crippen molar-refractivity contribution in [1.29, 1.82) is 0 Å². The van der Waals surface area contributed by atoms with E-state index in [1.807, 2.05) is 0 Å². The van der Waals surface area contributed by atoms with E-state index in [1.54, 1.807) is 19.1 Å². The van der Waals surface area contributed by atoms with Crippen molar-refractivity contribution in [2.75, 3.05) is 0 Å². The molecule has 21 heavy (non-hydrogen) atoms. The molecule has 2 aromatic rings. The topological polar surface area (TPSA) is 12.9 Å². The van der Waals surface area contributed by atoms with Gasteiger partial charge in [-0.25, -0.2) is 22.0 Å². The Morgan fingerprint density at radius 2 is 1.52 bits per heavy atom. The highest BCUT2D eigenvalue weighted by Crippen LogP contribution is 2.33. The first kappa shape index (κ1) is 15.7. The molecule has 0 aliphatic rings. The summed E-state index contributed by atoms with van der Waals surface area (Å²) in [4.78, 5) is 3.97. The van der Waals surface area contributed by atoms with Crippen molar-refractivity contribution in [2.45, 2.75) is 18.7 Å². The molecule has 1 nitrogen and oxygen atoms in total. The SMILES string of the molecule is Cc1cccnc1CC(Cl)c1c(F)c(F)c(F)c(F)c1F. The van der Waals surface area contributed by atoms with Gasteiger partial charge < -0.3 is 0 Å². The Morgan fingerprint density at radius 3 is 2.05 bits per heavy atom. The Morgan fingerprint density at radius 1 is 1.00 bits per heavy atom. The molecule has 0 fully saturated rings. The Kier molecular flexibility index (Phi) is 4.46. The predicted molar refractivity (Wildman–Crippen MR) is 67.5 cm³/mol. The predicted octanol–water partition coefficient (Wildman–Crippen LogP) is 4.61. The quantitative estimate of drug-likeness (QED) is 0.348. The maximum absolute atomic E-state index is 13.6. The zero-order chi connectivity index (χ0) is 15.7. The number of alkyl halides is 1. The molecule has 0 spiro atoms. The molecule has 1 unspecified atom stereocenters. The van der Waals surface area contributed by atoms with Gasteiger partial charge in [-0.3, -0.25) is 4.98 Å². The van der Waals surface area contributed by atoms with Gasteiger partial charge in [-0.2, -0.15) is 0 Å². The van der Waals surface area contributed by atoms with E-state index < -0.39 is 40.0 Å². The molecule has 0 bridgehead atoms. The summed E-state index contributed by atoms with van der Waals surface area (Å²) in [5, 5.41) is -1.43. The molecule has 0 radical (unpaired) electrons. The van der Waals surface area contributed by atoms with Gasteiger partial charge >= 0.3 is 0 Å². The third-order valence-corrected chi connectivity index (χ3v) is 3.42. The van der Waals surface area contributed by atoms with Crippen LogP contribution in [-0.2, 0) is 6.42 Å². The zero-order valence-electron chi connectivity index (χ0n) is 10.7. The molecular weight excluding hydrogens is 313 g/mol. The molecule has 2 rings (SSSR count). The van der Waals surface area contributed by atoms with Crippen molar-refractivity contribution in [2.24, 2.45) is 0 Å². The van der Waals surface area contributed by atoms with Crippen molar-refractivity contribution in [3.63, 3.8) is 0 Å². The summed E-state index contributed by atoms with van der Waals surface area (Å²) in [6.45, 7) is 1.70. The first-order chi connectivity index (χ1) is 9.84. The number of pyridine rings is 1. The fraction of sp³-hybridized carbons (Fsp3) is 0.214. The van der Waals surface area contributed by atoms with Gasteiger partial charge in [-0.05, 0) is 18.6 Å². The van der Waals surface area contributed by atoms with Crippen LogP contribution in [0.4, 0.5) is 22.0 Å². The van der Waals surface area contributed by atoms with E-state index >= 15 is 0 Å². The van der Waals surface area contributed by atoms with Crippen molar-refractivity contribution < 1.29 is 22.0 Å². The van der Waals surface area contributed by atoms with Crippen LogP contribution in [0.3, 0.4) is 0 Å². The van der Waals surface area contributed by atoms with Crippen molar-refractivity contribution in [3.8, 4) is 0 Å². The molecule has 0 amide bonds. The van der Waals surface area contributed by atoms with Crippen LogP contribution in [0.15, 0.2) is 18.3 Å². The lowest BCUT2D eigenvalue weighted by atomic mass is 10.0. The highest BCUT2D eigenvalue weighted by molar-refractivity contribution is 6.21. The minimum Gasteiger partial charge on any atom is -0.261 e. The summed E-state index contributed by atoms with van der Waals surface area (Å²) in [6.07, 6.45) is 1.29. The Balaban J connectivity index is 2.45. The Labute approximate surface area is 122 Å². The lowest BCUT2D eigenvalue weighted by molar-refractivity contribution is 0.369. The zero-order valence-corrected chi connectivity index (χ0v) is 11.5. The van der Waals surface area contributed by atoms with Crippen LogP contribution in [0.2, 0.25) is 0 Å². The summed E-state index contributed by atoms with van der Waals surface area (Å²) in [6, 6.07) is 3.35. The molecule has 0 saturated heterocycles. The van der Waals surface area contributed by atoms with Crippen LogP contribution in [0.1, 0.15) is 22.2 Å². The molecule has 1 atom stereocenters. The molecule has 0 aliphatic carbocycles. The van der Waals surface area contributed by atoms with Crippen LogP contribution >= 0.6 is 11.6 Å². The normalized spacial score (nSPS) is 12.5. The summed E-state index contributed by atoms with van der Waals surface area (Å²) in [5.74, 6) is -10.0. The second-order valence-corrected chi connectivity index (χ2v) is 4.95. The first-order valence-electron chi connectivity index (χ1n) is 5.90. The molecular formula is C14H9ClF5N. The van der Waals surface area contributed by atoms with Gasteiger partial charge in [0.15, 0.2) is 23.3 Å². The van der Waals surface area contributed by atoms with Crippen LogP contribution in [0, 0.1) is 36.0 Å². The number of benzene rings is 1. The number of nitrogens with zero attached hydrogens (tertiary/aromatic N) is 1. The van der Waals surface area contributed by atoms with E-state index in [9.17, 15) is 22.0 Å². The molecule has 7 heteroatoms. The second kappa shape index (κ2) is 5.97. The molecule has 1 heterocycles. The average Bonchev–Trinajstić information content (AvgIpc) is 2.46. The van der Waals surface area contributed by atoms with Gasteiger partial charge in [0.05, 0.1) is 5.38 Å². The maximum atomic E-state index is 13.6. The van der Waals surface area contributed by atoms with Crippen molar-refractivity contribution in [1.82, 2.24) is 4.98 Å². The van der Waals surface area contributed by atoms with E-state index in [4.69, 9.17) is 11.6 Å². The number of rotatable bonds is 3. The molecule has 1 aromatic carbocycles. The molecule has 1 aromatic heterocycles. The largest absolute Gasteiger partial charge is 0.261 e. The molecule has 112 valence electrons. The van der Waals surface area contributed by atoms with E-state index in [0.717, 1.165) is 0 Å². The maximum Gasteiger partial charge on any atom is 0.200 e. The molecule has 0 N–H and O–H groups in total. The van der Waals surface area contributed by atoms with Gasteiger partial charge in [-0.1, -0.05) is 6.07 Å². The van der Waals surface area contributed by atoms with E-state index in [0.29, 0.717) is 11.3 Å². The monoisotopic (exact) mass is 321 g/mol. The number of aryl methyl sites for hydroxylation is 1. The first-order valence-corrected chi connectivity index (χ1v) is 6.34. The minimum absolute atomic E-state index is 0.160. The molecule has 0 aliphatic heterocycles. The summed E-state index contributed by atoms with van der Waals surface area (Å²) < 4.78 is 66.5. The van der Waals surface area contributed by atoms with Gasteiger partial charge in [0.2, 0.25) is 5.82 Å². The number of halogens is 6. The Bertz CT molecular complexity index is 660. The minimum atomic E-state index is -2.20. The van der Waals surface area contributed by atoms with Gasteiger partial charge in [0.25, 0.3) is 0 Å². The fourth-order valence-corrected chi connectivity index (χ4v) is 2.24. The highest BCUT2D eigenvalue weighted by Gasteiger charge is 2.29. The fourth-order valence-electron chi connectivity index (χ4n) is 1.90. The lowest BCUT2D eigenvalue weighted by Crippen LogP contribution is -2.11. The molecule has 0 saturated carbocycles. The van der Waals surface area contributed by atoms with Crippen LogP contribution < -0.4 is 0 Å². The lowest BCUT2D eigenvalue weighted by Gasteiger charge is -2.14. The van der Waals surface area contributed by atoms with Crippen molar-refractivity contribution in [3.05, 3.63) is 64.2 Å². The van der Waals surface area contributed by atoms with Crippen LogP contribution in [0.25, 0.3) is 0 Å². The smallest absolute Gasteiger partial charge is 0.200 e. The Hall–Kier alpha value is -1.69. The third-order valence-electron chi connectivity index (χ3n) is 3.05. The summed E-state index contributed by atoms with van der Waals surface area (Å²) in [7, 11) is 0. The van der Waals surface area contributed by atoms with Crippen molar-refractivity contribution >= 4 is 11.6 Å². The van der Waals surface area contributed by atoms with Crippen LogP contribution in [0.5, 0.6) is 0 Å². The van der Waals surface area contributed by atoms with Gasteiger partial charge in [0.1, 0.15) is 0 Å². The van der Waals surface area contributed by atoms with E-state index in [1.165, 1.54) is 6.20 Å². The third kappa shape index (κ3) is 2.85. The van der Waals surface area contributed by atoms with Gasteiger partial charge in [0, 0.05) is 23.9 Å². The average molecular weight is 322 g/mol. The summed E-state index contributed by atoms with van der Waals surface area (Å²) >= 11 is 5.84. The highest BCUT2D eigenvalue weighted by atomic mass is 35.5. The second-order valence-electron chi connectivity index (χ2n) is 4.42. The van der Waals surface area contributed by atoms with Gasteiger partial charge in [-0.15, -0.1) is 11.6 Å². The summed E-state index contributed by atoms with van der Waals surface area (Å²) in [5.41, 5.74) is 0.0755. The number of hydrogen-bond acceptors (Lipinski definition) is 1. The van der Waals surface area contributed by atoms with E-state index in [2.05, 4.69) is 4.98 Å². The number of aromatic nitrogens is 1. The standard InChI is InChI=1S/C14H9ClF5N/c1-6-3-2-4-21-8(6)5-7(15)9-10(16)12(18)14(20)13(19)11(9)17/h2-4,7H,5H2,1H3. The number of hydrogen-bond donors (Lipinski definition) is 0. The van der Waals surface area contributed by atoms with E-state index in [-0.39, 0.29) is 6.42 Å².